The third-order valence-corrected chi connectivity index (χ3v) is 5.41. The van der Waals surface area contributed by atoms with E-state index in [1.54, 1.807) is 12.1 Å². The van der Waals surface area contributed by atoms with Crippen LogP contribution in [0.4, 0.5) is 0 Å². The van der Waals surface area contributed by atoms with Gasteiger partial charge >= 0.3 is 0 Å². The van der Waals surface area contributed by atoms with Gasteiger partial charge in [0.15, 0.2) is 0 Å². The third kappa shape index (κ3) is 3.34. The summed E-state index contributed by atoms with van der Waals surface area (Å²) >= 11 is 7.16. The Hall–Kier alpha value is -2.03. The van der Waals surface area contributed by atoms with Crippen LogP contribution in [-0.2, 0) is 10.0 Å². The van der Waals surface area contributed by atoms with Crippen LogP contribution in [0.2, 0.25) is 5.02 Å². The minimum Gasteiger partial charge on any atom is -0.268 e. The van der Waals surface area contributed by atoms with Crippen LogP contribution >= 0.6 is 22.9 Å². The van der Waals surface area contributed by atoms with Crippen molar-refractivity contribution in [3.63, 3.8) is 0 Å². The van der Waals surface area contributed by atoms with Gasteiger partial charge in [-0.3, -0.25) is 9.78 Å². The van der Waals surface area contributed by atoms with E-state index in [1.807, 2.05) is 11.6 Å². The van der Waals surface area contributed by atoms with Crippen LogP contribution in [0.5, 0.6) is 0 Å². The molecule has 0 aliphatic rings. The molecule has 1 N–H and O–H groups in total. The molecule has 0 saturated heterocycles. The number of aromatic nitrogens is 2. The highest BCUT2D eigenvalue weighted by Gasteiger charge is 2.20. The maximum absolute atomic E-state index is 12.2. The first kappa shape index (κ1) is 15.9. The molecular weight excluding hydrogens is 358 g/mol. The average molecular weight is 368 g/mol. The highest BCUT2D eigenvalue weighted by Crippen LogP contribution is 2.23. The van der Waals surface area contributed by atoms with E-state index in [4.69, 9.17) is 11.6 Å². The van der Waals surface area contributed by atoms with Gasteiger partial charge < -0.3 is 0 Å². The SMILES string of the molecule is Cc1nc2ccc(C(=O)NS(=O)(=O)c3cncc(Cl)c3)cc2s1. The second-order valence-corrected chi connectivity index (χ2v) is 8.04. The predicted octanol–water partition coefficient (Wildman–Crippen LogP) is 2.77. The zero-order chi connectivity index (χ0) is 16.6. The van der Waals surface area contributed by atoms with Gasteiger partial charge in [-0.05, 0) is 31.2 Å². The lowest BCUT2D eigenvalue weighted by Crippen LogP contribution is -2.30. The van der Waals surface area contributed by atoms with Crippen LogP contribution in [0.15, 0.2) is 41.6 Å². The lowest BCUT2D eigenvalue weighted by Gasteiger charge is -2.07. The Bertz CT molecular complexity index is 1020. The zero-order valence-corrected chi connectivity index (χ0v) is 14.2. The molecule has 0 radical (unpaired) electrons. The fourth-order valence-electron chi connectivity index (χ4n) is 1.96. The van der Waals surface area contributed by atoms with Crippen LogP contribution in [0.3, 0.4) is 0 Å². The van der Waals surface area contributed by atoms with Gasteiger partial charge in [0.25, 0.3) is 15.9 Å². The van der Waals surface area contributed by atoms with Crippen molar-refractivity contribution in [2.45, 2.75) is 11.8 Å². The van der Waals surface area contributed by atoms with Gasteiger partial charge in [-0.1, -0.05) is 11.6 Å². The summed E-state index contributed by atoms with van der Waals surface area (Å²) in [6, 6.07) is 6.05. The number of amides is 1. The number of rotatable bonds is 3. The predicted molar refractivity (Wildman–Crippen MR) is 88.3 cm³/mol. The van der Waals surface area contributed by atoms with E-state index in [-0.39, 0.29) is 15.5 Å². The molecule has 0 spiro atoms. The van der Waals surface area contributed by atoms with Crippen molar-refractivity contribution >= 4 is 49.1 Å². The van der Waals surface area contributed by atoms with Crippen molar-refractivity contribution in [3.05, 3.63) is 52.3 Å². The smallest absolute Gasteiger partial charge is 0.265 e. The van der Waals surface area contributed by atoms with Gasteiger partial charge in [-0.25, -0.2) is 18.1 Å². The first-order chi connectivity index (χ1) is 10.8. The number of carbonyl (C=O) groups excluding carboxylic acids is 1. The minimum atomic E-state index is -4.04. The number of thiazole rings is 1. The number of fused-ring (bicyclic) bond motifs is 1. The second-order valence-electron chi connectivity index (χ2n) is 4.69. The summed E-state index contributed by atoms with van der Waals surface area (Å²) in [6.45, 7) is 1.86. The van der Waals surface area contributed by atoms with Crippen molar-refractivity contribution in [1.82, 2.24) is 14.7 Å². The first-order valence-electron chi connectivity index (χ1n) is 6.40. The van der Waals surface area contributed by atoms with Crippen molar-refractivity contribution in [2.24, 2.45) is 0 Å². The van der Waals surface area contributed by atoms with Gasteiger partial charge in [-0.15, -0.1) is 11.3 Å². The summed E-state index contributed by atoms with van der Waals surface area (Å²) in [4.78, 5) is 20.0. The van der Waals surface area contributed by atoms with E-state index < -0.39 is 15.9 Å². The Morgan fingerprint density at radius 2 is 2.04 bits per heavy atom. The molecule has 118 valence electrons. The number of nitrogens with one attached hydrogen (secondary N) is 1. The molecule has 23 heavy (non-hydrogen) atoms. The summed E-state index contributed by atoms with van der Waals surface area (Å²) in [7, 11) is -4.04. The number of halogens is 1. The summed E-state index contributed by atoms with van der Waals surface area (Å²) in [5.74, 6) is -0.724. The quantitative estimate of drug-likeness (QED) is 0.768. The lowest BCUT2D eigenvalue weighted by atomic mass is 10.2. The maximum Gasteiger partial charge on any atom is 0.265 e. The molecule has 1 amide bonds. The summed E-state index contributed by atoms with van der Waals surface area (Å²) in [5, 5.41) is 1.04. The van der Waals surface area contributed by atoms with Crippen LogP contribution in [0, 0.1) is 6.92 Å². The van der Waals surface area contributed by atoms with Gasteiger partial charge in [0, 0.05) is 18.0 Å². The van der Waals surface area contributed by atoms with Crippen molar-refractivity contribution in [1.29, 1.82) is 0 Å². The fraction of sp³-hybridized carbons (Fsp3) is 0.0714. The number of pyridine rings is 1. The van der Waals surface area contributed by atoms with Gasteiger partial charge in [0.2, 0.25) is 0 Å². The van der Waals surface area contributed by atoms with Gasteiger partial charge in [0.1, 0.15) is 4.90 Å². The summed E-state index contributed by atoms with van der Waals surface area (Å²) < 4.78 is 27.2. The Morgan fingerprint density at radius 3 is 2.78 bits per heavy atom. The minimum absolute atomic E-state index is 0.168. The molecule has 6 nitrogen and oxygen atoms in total. The number of sulfonamides is 1. The topological polar surface area (TPSA) is 89.0 Å². The van der Waals surface area contributed by atoms with E-state index in [0.29, 0.717) is 0 Å². The first-order valence-corrected chi connectivity index (χ1v) is 9.08. The molecule has 1 aromatic carbocycles. The normalized spacial score (nSPS) is 11.6. The summed E-state index contributed by atoms with van der Waals surface area (Å²) in [5.41, 5.74) is 1.01. The van der Waals surface area contributed by atoms with E-state index in [2.05, 4.69) is 9.97 Å². The number of hydrogen-bond acceptors (Lipinski definition) is 6. The summed E-state index contributed by atoms with van der Waals surface area (Å²) in [6.07, 6.45) is 2.43. The molecule has 2 aromatic heterocycles. The maximum atomic E-state index is 12.2. The molecule has 0 bridgehead atoms. The van der Waals surface area contributed by atoms with Crippen molar-refractivity contribution in [3.8, 4) is 0 Å². The van der Waals surface area contributed by atoms with Crippen LogP contribution < -0.4 is 4.72 Å². The van der Waals surface area contributed by atoms with Crippen LogP contribution in [-0.4, -0.2) is 24.3 Å². The number of carbonyl (C=O) groups is 1. The molecule has 2 heterocycles. The molecular formula is C14H10ClN3O3S2. The third-order valence-electron chi connectivity index (χ3n) is 2.97. The lowest BCUT2D eigenvalue weighted by molar-refractivity contribution is 0.0981. The largest absolute Gasteiger partial charge is 0.268 e. The number of benzene rings is 1. The zero-order valence-electron chi connectivity index (χ0n) is 11.8. The van der Waals surface area contributed by atoms with Crippen LogP contribution in [0.1, 0.15) is 15.4 Å². The van der Waals surface area contributed by atoms with E-state index in [0.717, 1.165) is 21.4 Å². The average Bonchev–Trinajstić information content (AvgIpc) is 2.85. The second kappa shape index (κ2) is 5.88. The standard InChI is InChI=1S/C14H10ClN3O3S2/c1-8-17-12-3-2-9(4-13(12)22-8)14(19)18-23(20,21)11-5-10(15)6-16-7-11/h2-7H,1H3,(H,18,19). The van der Waals surface area contributed by atoms with Gasteiger partial charge in [0.05, 0.1) is 20.2 Å². The molecule has 0 unspecified atom stereocenters. The van der Waals surface area contributed by atoms with Crippen LogP contribution in [0.25, 0.3) is 10.2 Å². The highest BCUT2D eigenvalue weighted by molar-refractivity contribution is 7.90. The molecule has 0 atom stereocenters. The number of hydrogen-bond donors (Lipinski definition) is 1. The Labute approximate surface area is 141 Å². The van der Waals surface area contributed by atoms with Crippen molar-refractivity contribution < 1.29 is 13.2 Å². The molecule has 0 aliphatic carbocycles. The monoisotopic (exact) mass is 367 g/mol. The number of nitrogens with zero attached hydrogens (tertiary/aromatic N) is 2. The number of aryl methyl sites for hydroxylation is 1. The van der Waals surface area contributed by atoms with E-state index in [1.165, 1.54) is 29.7 Å². The van der Waals surface area contributed by atoms with E-state index in [9.17, 15) is 13.2 Å². The molecule has 0 aliphatic heterocycles. The Kier molecular flexibility index (Phi) is 4.05. The van der Waals surface area contributed by atoms with E-state index >= 15 is 0 Å². The fourth-order valence-corrected chi connectivity index (χ4v) is 4.03. The Balaban J connectivity index is 1.90. The molecule has 0 fully saturated rings. The molecule has 0 saturated carbocycles. The molecule has 9 heteroatoms. The molecule has 3 aromatic rings. The van der Waals surface area contributed by atoms with Gasteiger partial charge in [-0.2, -0.15) is 0 Å². The Morgan fingerprint density at radius 1 is 1.26 bits per heavy atom. The van der Waals surface area contributed by atoms with Crippen molar-refractivity contribution in [2.75, 3.05) is 0 Å². The highest BCUT2D eigenvalue weighted by atomic mass is 35.5. The molecule has 3 rings (SSSR count).